The average Bonchev–Trinajstić information content (AvgIpc) is 2.81. The van der Waals surface area contributed by atoms with Crippen LogP contribution in [0.2, 0.25) is 0 Å². The van der Waals surface area contributed by atoms with Crippen LogP contribution in [-0.2, 0) is 9.59 Å². The topological polar surface area (TPSA) is 88.7 Å². The molecule has 0 radical (unpaired) electrons. The molecule has 10 heteroatoms. The maximum Gasteiger partial charge on any atom is 0.276 e. The minimum atomic E-state index is -0.469. The number of rotatable bonds is 6. The summed E-state index contributed by atoms with van der Waals surface area (Å²) in [5.74, 6) is 0.339. The Hall–Kier alpha value is -2.95. The van der Waals surface area contributed by atoms with Crippen LogP contribution < -0.4 is 25.6 Å². The molecular weight excluding hydrogens is 574 g/mol. The van der Waals surface area contributed by atoms with Crippen molar-refractivity contribution in [3.63, 3.8) is 0 Å². The quantitative estimate of drug-likeness (QED) is 0.222. The molecule has 0 aliphatic heterocycles. The van der Waals surface area contributed by atoms with Gasteiger partial charge in [0, 0.05) is 10.5 Å². The minimum Gasteiger partial charge on any atom is -0.497 e. The van der Waals surface area contributed by atoms with Crippen LogP contribution in [0.4, 0.5) is 0 Å². The maximum atomic E-state index is 12.1. The van der Waals surface area contributed by atoms with Gasteiger partial charge in [-0.25, -0.2) is 0 Å². The number of carbonyl (C=O) groups excluding carboxylic acids is 2. The van der Waals surface area contributed by atoms with E-state index in [1.165, 1.54) is 6.08 Å². The summed E-state index contributed by atoms with van der Waals surface area (Å²) in [7, 11) is 1.58. The van der Waals surface area contributed by atoms with E-state index in [4.69, 9.17) is 21.7 Å². The molecule has 0 saturated heterocycles. The number of hydrogen-bond donors (Lipinski definition) is 3. The summed E-state index contributed by atoms with van der Waals surface area (Å²) in [5.41, 5.74) is 5.67. The lowest BCUT2D eigenvalue weighted by Gasteiger charge is -2.12. The van der Waals surface area contributed by atoms with E-state index < -0.39 is 11.8 Å². The molecule has 0 saturated carbocycles. The summed E-state index contributed by atoms with van der Waals surface area (Å²) >= 11 is 12.0. The molecule has 0 heterocycles. The van der Waals surface area contributed by atoms with Gasteiger partial charge in [-0.3, -0.25) is 25.8 Å². The molecule has 0 fully saturated rings. The first kappa shape index (κ1) is 24.7. The zero-order valence-electron chi connectivity index (χ0n) is 17.4. The fourth-order valence-electron chi connectivity index (χ4n) is 2.73. The highest BCUT2D eigenvalue weighted by atomic mass is 79.9. The van der Waals surface area contributed by atoms with Gasteiger partial charge in [0.25, 0.3) is 5.91 Å². The number of thiocarbonyl (C=S) groups is 1. The second kappa shape index (κ2) is 11.8. The standard InChI is InChI=1S/C23H19Br2N3O4S/c1-31-17-7-2-14(3-8-17)4-11-20(29)26-23(33)28-27-21(30)13-32-19-10-5-15-12-16(24)6-9-18(15)22(19)25/h2-12H,13H2,1H3,(H,27,30)(H2,26,28,29,33)/b11-4+. The van der Waals surface area contributed by atoms with Crippen molar-refractivity contribution in [3.8, 4) is 11.5 Å². The molecule has 3 rings (SSSR count). The summed E-state index contributed by atoms with van der Waals surface area (Å²) in [6.07, 6.45) is 2.96. The van der Waals surface area contributed by atoms with Gasteiger partial charge in [-0.1, -0.05) is 40.2 Å². The molecule has 3 aromatic carbocycles. The van der Waals surface area contributed by atoms with Crippen molar-refractivity contribution >= 4 is 77.9 Å². The van der Waals surface area contributed by atoms with Gasteiger partial charge >= 0.3 is 0 Å². The van der Waals surface area contributed by atoms with E-state index in [2.05, 4.69) is 48.0 Å². The Labute approximate surface area is 212 Å². The zero-order valence-corrected chi connectivity index (χ0v) is 21.3. The molecule has 0 aliphatic rings. The van der Waals surface area contributed by atoms with Crippen molar-refractivity contribution in [2.24, 2.45) is 0 Å². The number of carbonyl (C=O) groups is 2. The van der Waals surface area contributed by atoms with Gasteiger partial charge in [0.05, 0.1) is 11.6 Å². The van der Waals surface area contributed by atoms with Crippen molar-refractivity contribution < 1.29 is 19.1 Å². The van der Waals surface area contributed by atoms with Crippen LogP contribution in [0.25, 0.3) is 16.8 Å². The number of hydrazine groups is 1. The Balaban J connectivity index is 1.43. The third kappa shape index (κ3) is 7.28. The highest BCUT2D eigenvalue weighted by molar-refractivity contribution is 9.11. The van der Waals surface area contributed by atoms with Crippen LogP contribution in [0.1, 0.15) is 5.56 Å². The van der Waals surface area contributed by atoms with E-state index >= 15 is 0 Å². The van der Waals surface area contributed by atoms with Crippen molar-refractivity contribution in [1.29, 1.82) is 0 Å². The van der Waals surface area contributed by atoms with Gasteiger partial charge < -0.3 is 9.47 Å². The number of methoxy groups -OCH3 is 1. The van der Waals surface area contributed by atoms with E-state index in [1.54, 1.807) is 31.4 Å². The first-order chi connectivity index (χ1) is 15.9. The Morgan fingerprint density at radius 3 is 2.52 bits per heavy atom. The molecular formula is C23H19Br2N3O4S. The van der Waals surface area contributed by atoms with E-state index in [0.717, 1.165) is 31.0 Å². The van der Waals surface area contributed by atoms with Crippen LogP contribution in [0.3, 0.4) is 0 Å². The fraction of sp³-hybridized carbons (Fsp3) is 0.0870. The molecule has 33 heavy (non-hydrogen) atoms. The summed E-state index contributed by atoms with van der Waals surface area (Å²) in [6.45, 7) is -0.248. The predicted octanol–water partition coefficient (Wildman–Crippen LogP) is 4.49. The molecule has 0 spiro atoms. The molecule has 0 unspecified atom stereocenters. The van der Waals surface area contributed by atoms with Gasteiger partial charge in [-0.15, -0.1) is 0 Å². The van der Waals surface area contributed by atoms with Gasteiger partial charge in [-0.05, 0) is 80.9 Å². The first-order valence-electron chi connectivity index (χ1n) is 9.58. The normalized spacial score (nSPS) is 10.6. The average molecular weight is 593 g/mol. The number of ether oxygens (including phenoxy) is 2. The monoisotopic (exact) mass is 591 g/mol. The molecule has 3 N–H and O–H groups in total. The number of fused-ring (bicyclic) bond motifs is 1. The van der Waals surface area contributed by atoms with Crippen LogP contribution in [0, 0.1) is 0 Å². The van der Waals surface area contributed by atoms with Crippen LogP contribution in [0.15, 0.2) is 69.6 Å². The molecule has 0 atom stereocenters. The third-order valence-electron chi connectivity index (χ3n) is 4.33. The number of amides is 2. The van der Waals surface area contributed by atoms with E-state index in [9.17, 15) is 9.59 Å². The summed E-state index contributed by atoms with van der Waals surface area (Å²) in [6, 6.07) is 16.7. The van der Waals surface area contributed by atoms with Crippen LogP contribution >= 0.6 is 44.1 Å². The Morgan fingerprint density at radius 1 is 1.03 bits per heavy atom. The number of hydrogen-bond acceptors (Lipinski definition) is 5. The van der Waals surface area contributed by atoms with Crippen molar-refractivity contribution in [1.82, 2.24) is 16.2 Å². The second-order valence-corrected chi connectivity index (χ2v) is 8.75. The maximum absolute atomic E-state index is 12.1. The molecule has 0 aliphatic carbocycles. The van der Waals surface area contributed by atoms with Crippen molar-refractivity contribution in [3.05, 3.63) is 75.2 Å². The van der Waals surface area contributed by atoms with Crippen molar-refractivity contribution in [2.75, 3.05) is 13.7 Å². The summed E-state index contributed by atoms with van der Waals surface area (Å²) in [4.78, 5) is 24.0. The third-order valence-corrected chi connectivity index (χ3v) is 5.85. The Morgan fingerprint density at radius 2 is 1.79 bits per heavy atom. The summed E-state index contributed by atoms with van der Waals surface area (Å²) < 4.78 is 12.4. The van der Waals surface area contributed by atoms with Crippen LogP contribution in [-0.4, -0.2) is 30.6 Å². The van der Waals surface area contributed by atoms with E-state index in [0.29, 0.717) is 5.75 Å². The lowest BCUT2D eigenvalue weighted by molar-refractivity contribution is -0.123. The SMILES string of the molecule is COc1ccc(/C=C/C(=O)NC(=S)NNC(=O)COc2ccc3cc(Br)ccc3c2Br)cc1. The Kier molecular flexibility index (Phi) is 8.81. The smallest absolute Gasteiger partial charge is 0.276 e. The molecule has 0 bridgehead atoms. The first-order valence-corrected chi connectivity index (χ1v) is 11.6. The summed E-state index contributed by atoms with van der Waals surface area (Å²) in [5, 5.41) is 4.37. The lowest BCUT2D eigenvalue weighted by atomic mass is 10.1. The second-order valence-electron chi connectivity index (χ2n) is 6.63. The van der Waals surface area contributed by atoms with E-state index in [1.807, 2.05) is 36.4 Å². The highest BCUT2D eigenvalue weighted by Gasteiger charge is 2.10. The molecule has 0 aromatic heterocycles. The largest absolute Gasteiger partial charge is 0.497 e. The predicted molar refractivity (Wildman–Crippen MR) is 139 cm³/mol. The number of benzene rings is 3. The van der Waals surface area contributed by atoms with Crippen LogP contribution in [0.5, 0.6) is 11.5 Å². The van der Waals surface area contributed by atoms with Crippen molar-refractivity contribution in [2.45, 2.75) is 0 Å². The molecule has 170 valence electrons. The minimum absolute atomic E-state index is 0.0507. The Bertz CT molecular complexity index is 1220. The van der Waals surface area contributed by atoms with Gasteiger partial charge in [0.1, 0.15) is 11.5 Å². The van der Waals surface area contributed by atoms with Gasteiger partial charge in [0.2, 0.25) is 5.91 Å². The number of halogens is 2. The molecule has 2 amide bonds. The van der Waals surface area contributed by atoms with Gasteiger partial charge in [-0.2, -0.15) is 0 Å². The molecule has 3 aromatic rings. The number of nitrogens with one attached hydrogen (secondary N) is 3. The zero-order chi connectivity index (χ0) is 23.8. The fourth-order valence-corrected chi connectivity index (χ4v) is 3.87. The van der Waals surface area contributed by atoms with Gasteiger partial charge in [0.15, 0.2) is 11.7 Å². The van der Waals surface area contributed by atoms with E-state index in [-0.39, 0.29) is 11.7 Å². The molecule has 7 nitrogen and oxygen atoms in total. The highest BCUT2D eigenvalue weighted by Crippen LogP contribution is 2.34. The lowest BCUT2D eigenvalue weighted by Crippen LogP contribution is -2.49.